The third kappa shape index (κ3) is 3.34. The van der Waals surface area contributed by atoms with Gasteiger partial charge in [-0.15, -0.1) is 0 Å². The third-order valence-electron chi connectivity index (χ3n) is 2.21. The first-order chi connectivity index (χ1) is 7.50. The zero-order valence-corrected chi connectivity index (χ0v) is 9.17. The van der Waals surface area contributed by atoms with E-state index in [1.165, 1.54) is 19.1 Å². The molecule has 1 unspecified atom stereocenters. The maximum atomic E-state index is 10.6. The molecule has 0 heterocycles. The molecule has 1 atom stereocenters. The minimum absolute atomic E-state index is 0.0321. The molecule has 0 saturated heterocycles. The SMILES string of the molecule is CC(=O)OCC(C)c1ccc([N+](=O)[O-])cc1. The average molecular weight is 223 g/mol. The highest BCUT2D eigenvalue weighted by Crippen LogP contribution is 2.19. The number of ether oxygens (including phenoxy) is 1. The lowest BCUT2D eigenvalue weighted by Gasteiger charge is -2.11. The van der Waals surface area contributed by atoms with Crippen LogP contribution in [0, 0.1) is 10.1 Å². The normalized spacial score (nSPS) is 11.9. The lowest BCUT2D eigenvalue weighted by Crippen LogP contribution is -2.07. The molecule has 16 heavy (non-hydrogen) atoms. The Balaban J connectivity index is 2.66. The summed E-state index contributed by atoms with van der Waals surface area (Å²) in [6.07, 6.45) is 0. The van der Waals surface area contributed by atoms with Gasteiger partial charge >= 0.3 is 5.97 Å². The Morgan fingerprint density at radius 1 is 1.44 bits per heavy atom. The molecular weight excluding hydrogens is 210 g/mol. The van der Waals surface area contributed by atoms with Gasteiger partial charge in [-0.1, -0.05) is 19.1 Å². The molecule has 86 valence electrons. The van der Waals surface area contributed by atoms with Crippen LogP contribution in [0.5, 0.6) is 0 Å². The highest BCUT2D eigenvalue weighted by Gasteiger charge is 2.10. The van der Waals surface area contributed by atoms with Gasteiger partial charge in [-0.2, -0.15) is 0 Å². The number of nitro groups is 1. The molecule has 0 aliphatic heterocycles. The first-order valence-electron chi connectivity index (χ1n) is 4.88. The van der Waals surface area contributed by atoms with Crippen molar-refractivity contribution in [3.05, 3.63) is 39.9 Å². The van der Waals surface area contributed by atoms with Gasteiger partial charge in [-0.3, -0.25) is 14.9 Å². The minimum atomic E-state index is -0.444. The van der Waals surface area contributed by atoms with Crippen LogP contribution in [0.4, 0.5) is 5.69 Å². The summed E-state index contributed by atoms with van der Waals surface area (Å²) < 4.78 is 4.86. The Morgan fingerprint density at radius 2 is 2.00 bits per heavy atom. The zero-order chi connectivity index (χ0) is 12.1. The summed E-state index contributed by atoms with van der Waals surface area (Å²) in [5, 5.41) is 10.4. The van der Waals surface area contributed by atoms with Gasteiger partial charge in [-0.25, -0.2) is 0 Å². The number of carbonyl (C=O) groups is 1. The van der Waals surface area contributed by atoms with Gasteiger partial charge in [0.1, 0.15) is 0 Å². The van der Waals surface area contributed by atoms with E-state index in [2.05, 4.69) is 0 Å². The molecule has 0 fully saturated rings. The van der Waals surface area contributed by atoms with Gasteiger partial charge in [0, 0.05) is 25.0 Å². The van der Waals surface area contributed by atoms with E-state index in [-0.39, 0.29) is 24.2 Å². The van der Waals surface area contributed by atoms with Crippen LogP contribution in [-0.4, -0.2) is 17.5 Å². The highest BCUT2D eigenvalue weighted by atomic mass is 16.6. The van der Waals surface area contributed by atoms with Crippen molar-refractivity contribution in [2.24, 2.45) is 0 Å². The fourth-order valence-corrected chi connectivity index (χ4v) is 1.26. The van der Waals surface area contributed by atoms with E-state index in [0.29, 0.717) is 0 Å². The van der Waals surface area contributed by atoms with Gasteiger partial charge in [-0.05, 0) is 5.56 Å². The van der Waals surface area contributed by atoms with Crippen molar-refractivity contribution in [2.45, 2.75) is 19.8 Å². The number of hydrogen-bond donors (Lipinski definition) is 0. The Bertz CT molecular complexity index is 385. The van der Waals surface area contributed by atoms with Crippen molar-refractivity contribution in [3.63, 3.8) is 0 Å². The summed E-state index contributed by atoms with van der Waals surface area (Å²) in [5.41, 5.74) is 0.968. The van der Waals surface area contributed by atoms with E-state index in [9.17, 15) is 14.9 Å². The number of esters is 1. The van der Waals surface area contributed by atoms with Gasteiger partial charge in [0.05, 0.1) is 11.5 Å². The lowest BCUT2D eigenvalue weighted by atomic mass is 10.0. The smallest absolute Gasteiger partial charge is 0.302 e. The average Bonchev–Trinajstić information content (AvgIpc) is 2.26. The quantitative estimate of drug-likeness (QED) is 0.446. The summed E-state index contributed by atoms with van der Waals surface area (Å²) in [7, 11) is 0. The van der Waals surface area contributed by atoms with Gasteiger partial charge in [0.2, 0.25) is 0 Å². The van der Waals surface area contributed by atoms with Crippen molar-refractivity contribution in [3.8, 4) is 0 Å². The van der Waals surface area contributed by atoms with Crippen LogP contribution in [0.2, 0.25) is 0 Å². The van der Waals surface area contributed by atoms with Crippen LogP contribution in [0.15, 0.2) is 24.3 Å². The Hall–Kier alpha value is -1.91. The predicted molar refractivity (Wildman–Crippen MR) is 58.1 cm³/mol. The first kappa shape index (κ1) is 12.2. The summed E-state index contributed by atoms with van der Waals surface area (Å²) in [4.78, 5) is 20.6. The maximum absolute atomic E-state index is 10.6. The second kappa shape index (κ2) is 5.25. The minimum Gasteiger partial charge on any atom is -0.465 e. The van der Waals surface area contributed by atoms with Crippen molar-refractivity contribution in [1.29, 1.82) is 0 Å². The van der Waals surface area contributed by atoms with Crippen molar-refractivity contribution in [2.75, 3.05) is 6.61 Å². The molecule has 0 aromatic heterocycles. The Labute approximate surface area is 93.2 Å². The van der Waals surface area contributed by atoms with Gasteiger partial charge in [0.15, 0.2) is 0 Å². The predicted octanol–water partition coefficient (Wildman–Crippen LogP) is 2.26. The van der Waals surface area contributed by atoms with Crippen LogP contribution < -0.4 is 0 Å². The van der Waals surface area contributed by atoms with E-state index in [0.717, 1.165) is 5.56 Å². The number of benzene rings is 1. The molecule has 0 radical (unpaired) electrons. The van der Waals surface area contributed by atoms with Crippen molar-refractivity contribution >= 4 is 11.7 Å². The molecule has 0 spiro atoms. The monoisotopic (exact) mass is 223 g/mol. The topological polar surface area (TPSA) is 69.4 Å². The van der Waals surface area contributed by atoms with E-state index in [1.54, 1.807) is 12.1 Å². The molecule has 0 N–H and O–H groups in total. The number of nitro benzene ring substituents is 1. The van der Waals surface area contributed by atoms with Gasteiger partial charge < -0.3 is 4.74 Å². The molecule has 0 aliphatic carbocycles. The number of nitrogens with zero attached hydrogens (tertiary/aromatic N) is 1. The first-order valence-corrected chi connectivity index (χ1v) is 4.88. The molecule has 0 aliphatic rings. The highest BCUT2D eigenvalue weighted by molar-refractivity contribution is 5.65. The fourth-order valence-electron chi connectivity index (χ4n) is 1.26. The fraction of sp³-hybridized carbons (Fsp3) is 0.364. The van der Waals surface area contributed by atoms with E-state index in [1.807, 2.05) is 6.92 Å². The molecule has 5 heteroatoms. The van der Waals surface area contributed by atoms with E-state index in [4.69, 9.17) is 4.74 Å². The molecule has 5 nitrogen and oxygen atoms in total. The van der Waals surface area contributed by atoms with E-state index >= 15 is 0 Å². The number of non-ortho nitro benzene ring substituents is 1. The van der Waals surface area contributed by atoms with Crippen molar-refractivity contribution < 1.29 is 14.5 Å². The second-order valence-electron chi connectivity index (χ2n) is 3.55. The molecule has 0 saturated carbocycles. The summed E-state index contributed by atoms with van der Waals surface area (Å²) in [6, 6.07) is 6.23. The van der Waals surface area contributed by atoms with Crippen LogP contribution >= 0.6 is 0 Å². The molecule has 1 aromatic carbocycles. The summed E-state index contributed by atoms with van der Waals surface area (Å²) in [5.74, 6) is -0.293. The number of rotatable bonds is 4. The van der Waals surface area contributed by atoms with Crippen LogP contribution in [0.1, 0.15) is 25.3 Å². The standard InChI is InChI=1S/C11H13NO4/c1-8(7-16-9(2)13)10-3-5-11(6-4-10)12(14)15/h3-6,8H,7H2,1-2H3. The Morgan fingerprint density at radius 3 is 2.44 bits per heavy atom. The maximum Gasteiger partial charge on any atom is 0.302 e. The Kier molecular flexibility index (Phi) is 3.99. The van der Waals surface area contributed by atoms with Crippen LogP contribution in [0.25, 0.3) is 0 Å². The molecule has 0 bridgehead atoms. The molecule has 1 rings (SSSR count). The number of hydrogen-bond acceptors (Lipinski definition) is 4. The lowest BCUT2D eigenvalue weighted by molar-refractivity contribution is -0.384. The summed E-state index contributed by atoms with van der Waals surface area (Å²) >= 11 is 0. The molecule has 1 aromatic rings. The molecule has 0 amide bonds. The van der Waals surface area contributed by atoms with Gasteiger partial charge in [0.25, 0.3) is 5.69 Å². The largest absolute Gasteiger partial charge is 0.465 e. The van der Waals surface area contributed by atoms with Crippen molar-refractivity contribution in [1.82, 2.24) is 0 Å². The van der Waals surface area contributed by atoms with Crippen LogP contribution in [0.3, 0.4) is 0 Å². The third-order valence-corrected chi connectivity index (χ3v) is 2.21. The number of carbonyl (C=O) groups excluding carboxylic acids is 1. The van der Waals surface area contributed by atoms with Crippen LogP contribution in [-0.2, 0) is 9.53 Å². The molecular formula is C11H13NO4. The zero-order valence-electron chi connectivity index (χ0n) is 9.17. The second-order valence-corrected chi connectivity index (χ2v) is 3.55. The van der Waals surface area contributed by atoms with E-state index < -0.39 is 4.92 Å². The summed E-state index contributed by atoms with van der Waals surface area (Å²) in [6.45, 7) is 3.53.